The quantitative estimate of drug-likeness (QED) is 0.655. The van der Waals surface area contributed by atoms with Gasteiger partial charge in [-0.3, -0.25) is 0 Å². The lowest BCUT2D eigenvalue weighted by Crippen LogP contribution is -2.41. The Morgan fingerprint density at radius 1 is 1.33 bits per heavy atom. The number of ether oxygens (including phenoxy) is 1. The third-order valence-electron chi connectivity index (χ3n) is 2.68. The Bertz CT molecular complexity index is 237. The van der Waals surface area contributed by atoms with Crippen LogP contribution in [0.2, 0.25) is 0 Å². The highest BCUT2D eigenvalue weighted by atomic mass is 32.2. The summed E-state index contributed by atoms with van der Waals surface area (Å²) in [5.74, 6) is 0.240. The maximum absolute atomic E-state index is 11.6. The van der Waals surface area contributed by atoms with Gasteiger partial charge in [0, 0.05) is 19.0 Å². The molecule has 4 heteroatoms. The molecule has 1 fully saturated rings. The largest absolute Gasteiger partial charge is 0.381 e. The normalized spacial score (nSPS) is 23.8. The zero-order chi connectivity index (χ0) is 9.24. The third-order valence-corrected chi connectivity index (χ3v) is 5.35. The van der Waals surface area contributed by atoms with E-state index in [1.165, 1.54) is 0 Å². The van der Waals surface area contributed by atoms with E-state index < -0.39 is 14.6 Å². The smallest absolute Gasteiger partial charge is 0.155 e. The van der Waals surface area contributed by atoms with Crippen molar-refractivity contribution in [3.05, 3.63) is 0 Å². The van der Waals surface area contributed by atoms with Gasteiger partial charge in [0.2, 0.25) is 0 Å². The summed E-state index contributed by atoms with van der Waals surface area (Å²) in [5, 5.41) is 0. The second kappa shape index (κ2) is 3.34. The third kappa shape index (κ3) is 1.64. The van der Waals surface area contributed by atoms with E-state index in [-0.39, 0.29) is 5.75 Å². The number of hydrogen-bond donors (Lipinski definition) is 0. The molecular weight excluding hydrogens is 176 g/mol. The average Bonchev–Trinajstić information content (AvgIpc) is 2.06. The fraction of sp³-hybridized carbons (Fsp3) is 1.00. The van der Waals surface area contributed by atoms with Crippen molar-refractivity contribution in [1.29, 1.82) is 0 Å². The van der Waals surface area contributed by atoms with Crippen LogP contribution in [0.3, 0.4) is 0 Å². The van der Waals surface area contributed by atoms with Gasteiger partial charge in [-0.25, -0.2) is 8.42 Å². The number of hydrogen-bond acceptors (Lipinski definition) is 3. The molecular formula is C8H16O3S. The van der Waals surface area contributed by atoms with E-state index >= 15 is 0 Å². The Morgan fingerprint density at radius 3 is 2.25 bits per heavy atom. The average molecular weight is 192 g/mol. The Balaban J connectivity index is 2.83. The van der Waals surface area contributed by atoms with Gasteiger partial charge >= 0.3 is 0 Å². The summed E-state index contributed by atoms with van der Waals surface area (Å²) < 4.78 is 27.9. The summed E-state index contributed by atoms with van der Waals surface area (Å²) in [6, 6.07) is 0. The minimum atomic E-state index is -2.90. The molecule has 12 heavy (non-hydrogen) atoms. The van der Waals surface area contributed by atoms with Gasteiger partial charge in [-0.15, -0.1) is 0 Å². The van der Waals surface area contributed by atoms with Gasteiger partial charge in [-0.1, -0.05) is 6.92 Å². The van der Waals surface area contributed by atoms with Gasteiger partial charge in [-0.05, 0) is 19.8 Å². The van der Waals surface area contributed by atoms with Crippen molar-refractivity contribution in [1.82, 2.24) is 0 Å². The zero-order valence-electron chi connectivity index (χ0n) is 7.67. The zero-order valence-corrected chi connectivity index (χ0v) is 8.49. The first kappa shape index (κ1) is 9.99. The predicted molar refractivity (Wildman–Crippen MR) is 47.9 cm³/mol. The van der Waals surface area contributed by atoms with Gasteiger partial charge in [-0.2, -0.15) is 0 Å². The van der Waals surface area contributed by atoms with E-state index in [2.05, 4.69) is 0 Å². The molecule has 0 radical (unpaired) electrons. The monoisotopic (exact) mass is 192 g/mol. The van der Waals surface area contributed by atoms with E-state index in [0.29, 0.717) is 26.1 Å². The molecule has 0 bridgehead atoms. The summed E-state index contributed by atoms with van der Waals surface area (Å²) in [4.78, 5) is 0. The van der Waals surface area contributed by atoms with Crippen LogP contribution in [0.1, 0.15) is 26.7 Å². The molecule has 1 aliphatic heterocycles. The topological polar surface area (TPSA) is 43.4 Å². The first-order valence-corrected chi connectivity index (χ1v) is 5.97. The Labute approximate surface area is 74.0 Å². The Kier molecular flexibility index (Phi) is 2.78. The van der Waals surface area contributed by atoms with Crippen LogP contribution in [0.25, 0.3) is 0 Å². The summed E-state index contributed by atoms with van der Waals surface area (Å²) >= 11 is 0. The second-order valence-electron chi connectivity index (χ2n) is 3.47. The van der Waals surface area contributed by atoms with Crippen molar-refractivity contribution < 1.29 is 13.2 Å². The van der Waals surface area contributed by atoms with Crippen LogP contribution in [0.4, 0.5) is 0 Å². The molecule has 1 heterocycles. The molecule has 0 aliphatic carbocycles. The molecule has 0 amide bonds. The number of sulfone groups is 1. The maximum Gasteiger partial charge on any atom is 0.155 e. The van der Waals surface area contributed by atoms with E-state index in [9.17, 15) is 8.42 Å². The molecule has 0 aromatic rings. The summed E-state index contributed by atoms with van der Waals surface area (Å²) in [6.07, 6.45) is 1.28. The van der Waals surface area contributed by atoms with Crippen LogP contribution < -0.4 is 0 Å². The minimum Gasteiger partial charge on any atom is -0.381 e. The molecule has 1 rings (SSSR count). The maximum atomic E-state index is 11.6. The summed E-state index contributed by atoms with van der Waals surface area (Å²) in [6.45, 7) is 4.69. The number of rotatable bonds is 2. The van der Waals surface area contributed by atoms with Gasteiger partial charge in [0.25, 0.3) is 0 Å². The molecule has 0 saturated carbocycles. The minimum absolute atomic E-state index is 0.240. The van der Waals surface area contributed by atoms with E-state index in [1.807, 2.05) is 6.92 Å². The molecule has 0 spiro atoms. The molecule has 0 aromatic heterocycles. The lowest BCUT2D eigenvalue weighted by Gasteiger charge is -2.32. The lowest BCUT2D eigenvalue weighted by atomic mass is 10.0. The molecule has 1 saturated heterocycles. The molecule has 0 aromatic carbocycles. The summed E-state index contributed by atoms with van der Waals surface area (Å²) in [5.41, 5.74) is 0. The van der Waals surface area contributed by atoms with Crippen LogP contribution in [-0.4, -0.2) is 32.1 Å². The van der Waals surface area contributed by atoms with E-state index in [4.69, 9.17) is 4.74 Å². The van der Waals surface area contributed by atoms with Crippen LogP contribution in [0.15, 0.2) is 0 Å². The van der Waals surface area contributed by atoms with Crippen LogP contribution in [0, 0.1) is 0 Å². The van der Waals surface area contributed by atoms with Crippen molar-refractivity contribution in [2.45, 2.75) is 31.4 Å². The van der Waals surface area contributed by atoms with Crippen molar-refractivity contribution in [3.8, 4) is 0 Å². The summed E-state index contributed by atoms with van der Waals surface area (Å²) in [7, 11) is -2.90. The van der Waals surface area contributed by atoms with Gasteiger partial charge in [0.1, 0.15) is 0 Å². The Morgan fingerprint density at radius 2 is 1.83 bits per heavy atom. The standard InChI is InChI=1S/C8H16O3S/c1-3-12(9,10)8(2)4-6-11-7-5-8/h3-7H2,1-2H3. The van der Waals surface area contributed by atoms with Gasteiger partial charge < -0.3 is 4.74 Å². The van der Waals surface area contributed by atoms with Crippen LogP contribution in [-0.2, 0) is 14.6 Å². The first-order chi connectivity index (χ1) is 5.52. The Hall–Kier alpha value is -0.0900. The highest BCUT2D eigenvalue weighted by molar-refractivity contribution is 7.92. The predicted octanol–water partition coefficient (Wildman–Crippen LogP) is 0.990. The molecule has 72 valence electrons. The van der Waals surface area contributed by atoms with Crippen LogP contribution in [0.5, 0.6) is 0 Å². The lowest BCUT2D eigenvalue weighted by molar-refractivity contribution is 0.0789. The first-order valence-electron chi connectivity index (χ1n) is 4.32. The molecule has 3 nitrogen and oxygen atoms in total. The fourth-order valence-corrected chi connectivity index (χ4v) is 2.95. The molecule has 0 atom stereocenters. The van der Waals surface area contributed by atoms with Gasteiger partial charge in [0.05, 0.1) is 4.75 Å². The van der Waals surface area contributed by atoms with Crippen molar-refractivity contribution >= 4 is 9.84 Å². The van der Waals surface area contributed by atoms with E-state index in [0.717, 1.165) is 0 Å². The van der Waals surface area contributed by atoms with Gasteiger partial charge in [0.15, 0.2) is 9.84 Å². The highest BCUT2D eigenvalue weighted by Crippen LogP contribution is 2.29. The molecule has 1 aliphatic rings. The van der Waals surface area contributed by atoms with Crippen LogP contribution >= 0.6 is 0 Å². The van der Waals surface area contributed by atoms with Crippen molar-refractivity contribution in [2.24, 2.45) is 0 Å². The van der Waals surface area contributed by atoms with Crippen molar-refractivity contribution in [2.75, 3.05) is 19.0 Å². The second-order valence-corrected chi connectivity index (χ2v) is 6.26. The SMILES string of the molecule is CCS(=O)(=O)C1(C)CCOCC1. The molecule has 0 unspecified atom stereocenters. The fourth-order valence-electron chi connectivity index (χ4n) is 1.46. The highest BCUT2D eigenvalue weighted by Gasteiger charge is 2.38. The van der Waals surface area contributed by atoms with Crippen molar-refractivity contribution in [3.63, 3.8) is 0 Å². The molecule has 0 N–H and O–H groups in total. The van der Waals surface area contributed by atoms with E-state index in [1.54, 1.807) is 6.92 Å².